The lowest BCUT2D eigenvalue weighted by atomic mass is 10.2. The number of fused-ring (bicyclic) bond motifs is 1. The van der Waals surface area contributed by atoms with Crippen LogP contribution in [0.4, 0.5) is 5.69 Å². The zero-order valence-corrected chi connectivity index (χ0v) is 11.3. The molecule has 4 heteroatoms. The SMILES string of the molecule is CCOCCn1c(C(C)C)nc2cc(N)ccc21. The highest BCUT2D eigenvalue weighted by atomic mass is 16.5. The van der Waals surface area contributed by atoms with E-state index in [1.165, 1.54) is 0 Å². The third kappa shape index (κ3) is 2.48. The number of nitrogen functional groups attached to an aromatic ring is 1. The van der Waals surface area contributed by atoms with Gasteiger partial charge in [0.05, 0.1) is 17.6 Å². The molecule has 1 aromatic carbocycles. The van der Waals surface area contributed by atoms with E-state index >= 15 is 0 Å². The van der Waals surface area contributed by atoms with Gasteiger partial charge in [0, 0.05) is 24.8 Å². The molecule has 4 nitrogen and oxygen atoms in total. The van der Waals surface area contributed by atoms with Crippen LogP contribution in [0.5, 0.6) is 0 Å². The smallest absolute Gasteiger partial charge is 0.112 e. The fourth-order valence-electron chi connectivity index (χ4n) is 2.14. The Morgan fingerprint density at radius 2 is 2.17 bits per heavy atom. The predicted octanol–water partition coefficient (Wildman–Crippen LogP) is 2.78. The maximum Gasteiger partial charge on any atom is 0.112 e. The zero-order chi connectivity index (χ0) is 13.1. The molecule has 18 heavy (non-hydrogen) atoms. The molecule has 1 heterocycles. The molecular weight excluding hydrogens is 226 g/mol. The third-order valence-corrected chi connectivity index (χ3v) is 2.98. The van der Waals surface area contributed by atoms with Gasteiger partial charge in [0.2, 0.25) is 0 Å². The minimum atomic E-state index is 0.389. The molecule has 0 aliphatic rings. The van der Waals surface area contributed by atoms with Crippen molar-refractivity contribution in [1.82, 2.24) is 9.55 Å². The molecule has 0 saturated heterocycles. The number of anilines is 1. The Bertz CT molecular complexity index is 531. The maximum atomic E-state index is 5.81. The molecule has 2 rings (SSSR count). The van der Waals surface area contributed by atoms with Crippen molar-refractivity contribution in [3.05, 3.63) is 24.0 Å². The summed E-state index contributed by atoms with van der Waals surface area (Å²) in [4.78, 5) is 4.68. The van der Waals surface area contributed by atoms with Gasteiger partial charge in [-0.25, -0.2) is 4.98 Å². The summed E-state index contributed by atoms with van der Waals surface area (Å²) in [5.74, 6) is 1.48. The van der Waals surface area contributed by atoms with Gasteiger partial charge in [0.25, 0.3) is 0 Å². The predicted molar refractivity (Wildman–Crippen MR) is 74.7 cm³/mol. The van der Waals surface area contributed by atoms with Crippen LogP contribution >= 0.6 is 0 Å². The summed E-state index contributed by atoms with van der Waals surface area (Å²) < 4.78 is 7.67. The molecule has 2 aromatic rings. The number of aromatic nitrogens is 2. The molecule has 2 N–H and O–H groups in total. The molecule has 0 fully saturated rings. The first-order valence-electron chi connectivity index (χ1n) is 6.47. The van der Waals surface area contributed by atoms with E-state index in [1.54, 1.807) is 0 Å². The number of nitrogens with zero attached hydrogens (tertiary/aromatic N) is 2. The number of hydrogen-bond acceptors (Lipinski definition) is 3. The van der Waals surface area contributed by atoms with Crippen LogP contribution in [0.25, 0.3) is 11.0 Å². The largest absolute Gasteiger partial charge is 0.399 e. The van der Waals surface area contributed by atoms with Gasteiger partial charge in [-0.05, 0) is 25.1 Å². The summed E-state index contributed by atoms with van der Waals surface area (Å²) in [5.41, 5.74) is 8.66. The molecule has 0 spiro atoms. The van der Waals surface area contributed by atoms with E-state index in [1.807, 2.05) is 25.1 Å². The van der Waals surface area contributed by atoms with Gasteiger partial charge in [0.1, 0.15) is 5.82 Å². The summed E-state index contributed by atoms with van der Waals surface area (Å²) in [6.45, 7) is 8.62. The first-order valence-corrected chi connectivity index (χ1v) is 6.47. The summed E-state index contributed by atoms with van der Waals surface area (Å²) in [6.07, 6.45) is 0. The Balaban J connectivity index is 2.42. The van der Waals surface area contributed by atoms with Crippen molar-refractivity contribution in [3.8, 4) is 0 Å². The van der Waals surface area contributed by atoms with Crippen LogP contribution in [0.3, 0.4) is 0 Å². The summed E-state index contributed by atoms with van der Waals surface area (Å²) >= 11 is 0. The van der Waals surface area contributed by atoms with Crippen LogP contribution in [-0.4, -0.2) is 22.8 Å². The average Bonchev–Trinajstić information content (AvgIpc) is 2.68. The van der Waals surface area contributed by atoms with Crippen LogP contribution in [0.15, 0.2) is 18.2 Å². The van der Waals surface area contributed by atoms with Crippen LogP contribution in [0, 0.1) is 0 Å². The minimum Gasteiger partial charge on any atom is -0.399 e. The fraction of sp³-hybridized carbons (Fsp3) is 0.500. The van der Waals surface area contributed by atoms with Gasteiger partial charge in [-0.3, -0.25) is 0 Å². The van der Waals surface area contributed by atoms with Gasteiger partial charge >= 0.3 is 0 Å². The lowest BCUT2D eigenvalue weighted by Gasteiger charge is -2.11. The molecule has 0 bridgehead atoms. The molecule has 0 aliphatic carbocycles. The first-order chi connectivity index (χ1) is 8.63. The Hall–Kier alpha value is -1.55. The standard InChI is InChI=1S/C14H21N3O/c1-4-18-8-7-17-13-6-5-11(15)9-12(13)16-14(17)10(2)3/h5-6,9-10H,4,7-8,15H2,1-3H3. The quantitative estimate of drug-likeness (QED) is 0.653. The first kappa shape index (κ1) is 12.9. The Morgan fingerprint density at radius 1 is 1.39 bits per heavy atom. The van der Waals surface area contributed by atoms with Crippen molar-refractivity contribution in [3.63, 3.8) is 0 Å². The fourth-order valence-corrected chi connectivity index (χ4v) is 2.14. The molecule has 0 amide bonds. The van der Waals surface area contributed by atoms with Gasteiger partial charge in [-0.15, -0.1) is 0 Å². The van der Waals surface area contributed by atoms with Crippen LogP contribution in [0.1, 0.15) is 32.5 Å². The van der Waals surface area contributed by atoms with E-state index in [-0.39, 0.29) is 0 Å². The highest BCUT2D eigenvalue weighted by Gasteiger charge is 2.13. The topological polar surface area (TPSA) is 53.1 Å². The number of hydrogen-bond donors (Lipinski definition) is 1. The second kappa shape index (κ2) is 5.40. The number of nitrogens with two attached hydrogens (primary N) is 1. The second-order valence-corrected chi connectivity index (χ2v) is 4.72. The van der Waals surface area contributed by atoms with Crippen molar-refractivity contribution in [1.29, 1.82) is 0 Å². The zero-order valence-electron chi connectivity index (χ0n) is 11.3. The number of ether oxygens (including phenoxy) is 1. The molecule has 0 unspecified atom stereocenters. The summed E-state index contributed by atoms with van der Waals surface area (Å²) in [7, 11) is 0. The molecule has 98 valence electrons. The Morgan fingerprint density at radius 3 is 2.83 bits per heavy atom. The molecule has 1 aromatic heterocycles. The molecular formula is C14H21N3O. The van der Waals surface area contributed by atoms with Gasteiger partial charge in [-0.1, -0.05) is 13.8 Å². The van der Waals surface area contributed by atoms with E-state index in [0.717, 1.165) is 35.7 Å². The summed E-state index contributed by atoms with van der Waals surface area (Å²) in [5, 5.41) is 0. The van der Waals surface area contributed by atoms with Crippen molar-refractivity contribution < 1.29 is 4.74 Å². The van der Waals surface area contributed by atoms with Gasteiger partial charge in [0.15, 0.2) is 0 Å². The van der Waals surface area contributed by atoms with Crippen molar-refractivity contribution in [2.24, 2.45) is 0 Å². The number of rotatable bonds is 5. The number of imidazole rings is 1. The van der Waals surface area contributed by atoms with Crippen molar-refractivity contribution in [2.75, 3.05) is 18.9 Å². The third-order valence-electron chi connectivity index (χ3n) is 2.98. The molecule has 0 radical (unpaired) electrons. The van der Waals surface area contributed by atoms with Crippen molar-refractivity contribution in [2.45, 2.75) is 33.2 Å². The molecule has 0 atom stereocenters. The summed E-state index contributed by atoms with van der Waals surface area (Å²) in [6, 6.07) is 5.89. The molecule has 0 aliphatic heterocycles. The second-order valence-electron chi connectivity index (χ2n) is 4.72. The van der Waals surface area contributed by atoms with E-state index in [4.69, 9.17) is 10.5 Å². The Kier molecular flexibility index (Phi) is 3.87. The Labute approximate surface area is 108 Å². The van der Waals surface area contributed by atoms with Crippen LogP contribution < -0.4 is 5.73 Å². The molecule has 0 saturated carbocycles. The average molecular weight is 247 g/mol. The number of benzene rings is 1. The maximum absolute atomic E-state index is 5.81. The van der Waals surface area contributed by atoms with E-state index in [0.29, 0.717) is 12.5 Å². The van der Waals surface area contributed by atoms with E-state index in [9.17, 15) is 0 Å². The van der Waals surface area contributed by atoms with Gasteiger partial charge in [-0.2, -0.15) is 0 Å². The highest BCUT2D eigenvalue weighted by Crippen LogP contribution is 2.23. The highest BCUT2D eigenvalue weighted by molar-refractivity contribution is 5.79. The normalized spacial score (nSPS) is 11.6. The van der Waals surface area contributed by atoms with Crippen LogP contribution in [0.2, 0.25) is 0 Å². The van der Waals surface area contributed by atoms with Crippen molar-refractivity contribution >= 4 is 16.7 Å². The van der Waals surface area contributed by atoms with Crippen LogP contribution in [-0.2, 0) is 11.3 Å². The lowest BCUT2D eigenvalue weighted by Crippen LogP contribution is -2.10. The van der Waals surface area contributed by atoms with E-state index in [2.05, 4.69) is 23.4 Å². The van der Waals surface area contributed by atoms with E-state index < -0.39 is 0 Å². The van der Waals surface area contributed by atoms with Gasteiger partial charge < -0.3 is 15.0 Å². The monoisotopic (exact) mass is 247 g/mol. The minimum absolute atomic E-state index is 0.389. The lowest BCUT2D eigenvalue weighted by molar-refractivity contribution is 0.139.